The van der Waals surface area contributed by atoms with Gasteiger partial charge in [0.05, 0.1) is 12.1 Å². The molecule has 0 spiro atoms. The molecule has 1 aromatic carbocycles. The number of carbonyl (C=O) groups excluding carboxylic acids is 1. The number of hydrogen-bond donors (Lipinski definition) is 2. The number of nitrogen functional groups attached to an aromatic ring is 1. The van der Waals surface area contributed by atoms with E-state index in [1.807, 2.05) is 0 Å². The van der Waals surface area contributed by atoms with Crippen LogP contribution in [0.15, 0.2) is 41.0 Å². The standard InChI is InChI=1S/C15H17N3O2/c16-17-15(19)13-7-14(20-10-13)9-18-6-5-11-3-1-2-4-12(11)8-18/h1-4,7,10H,5-6,8-9,16H2,(H,17,19). The molecule has 0 radical (unpaired) electrons. The fraction of sp³-hybridized carbons (Fsp3) is 0.267. The van der Waals surface area contributed by atoms with Crippen LogP contribution in [0, 0.1) is 0 Å². The number of nitrogens with one attached hydrogen (secondary N) is 1. The fourth-order valence-corrected chi connectivity index (χ4v) is 2.58. The highest BCUT2D eigenvalue weighted by Crippen LogP contribution is 2.20. The lowest BCUT2D eigenvalue weighted by Gasteiger charge is -2.27. The number of fused-ring (bicyclic) bond motifs is 1. The molecule has 5 heteroatoms. The Balaban J connectivity index is 1.68. The zero-order valence-corrected chi connectivity index (χ0v) is 11.1. The van der Waals surface area contributed by atoms with Crippen LogP contribution in [-0.2, 0) is 19.5 Å². The number of nitrogens with two attached hydrogens (primary N) is 1. The van der Waals surface area contributed by atoms with Crippen molar-refractivity contribution in [1.29, 1.82) is 0 Å². The molecule has 1 aromatic heterocycles. The summed E-state index contributed by atoms with van der Waals surface area (Å²) >= 11 is 0. The molecular weight excluding hydrogens is 254 g/mol. The minimum atomic E-state index is -0.330. The second kappa shape index (κ2) is 5.48. The number of benzene rings is 1. The quantitative estimate of drug-likeness (QED) is 0.503. The largest absolute Gasteiger partial charge is 0.467 e. The lowest BCUT2D eigenvalue weighted by Crippen LogP contribution is -2.30. The molecule has 0 fully saturated rings. The number of nitrogens with zero attached hydrogens (tertiary/aromatic N) is 1. The number of carbonyl (C=O) groups is 1. The summed E-state index contributed by atoms with van der Waals surface area (Å²) in [6, 6.07) is 10.2. The molecule has 2 aromatic rings. The van der Waals surface area contributed by atoms with E-state index in [-0.39, 0.29) is 5.91 Å². The van der Waals surface area contributed by atoms with Gasteiger partial charge in [-0.2, -0.15) is 0 Å². The molecule has 5 nitrogen and oxygen atoms in total. The predicted octanol–water partition coefficient (Wildman–Crippen LogP) is 1.44. The van der Waals surface area contributed by atoms with Gasteiger partial charge < -0.3 is 4.42 Å². The van der Waals surface area contributed by atoms with E-state index >= 15 is 0 Å². The molecule has 0 unspecified atom stereocenters. The van der Waals surface area contributed by atoms with E-state index in [0.29, 0.717) is 12.1 Å². The van der Waals surface area contributed by atoms with Gasteiger partial charge >= 0.3 is 0 Å². The van der Waals surface area contributed by atoms with Crippen molar-refractivity contribution in [3.05, 3.63) is 59.0 Å². The zero-order valence-electron chi connectivity index (χ0n) is 11.1. The highest BCUT2D eigenvalue weighted by molar-refractivity contribution is 5.93. The fourth-order valence-electron chi connectivity index (χ4n) is 2.58. The highest BCUT2D eigenvalue weighted by atomic mass is 16.3. The van der Waals surface area contributed by atoms with E-state index < -0.39 is 0 Å². The maximum absolute atomic E-state index is 11.4. The Morgan fingerprint density at radius 2 is 2.15 bits per heavy atom. The molecular formula is C15H17N3O2. The first-order valence-electron chi connectivity index (χ1n) is 6.64. The molecule has 0 atom stereocenters. The van der Waals surface area contributed by atoms with Crippen LogP contribution >= 0.6 is 0 Å². The van der Waals surface area contributed by atoms with Crippen LogP contribution < -0.4 is 11.3 Å². The minimum Gasteiger partial charge on any atom is -0.467 e. The Bertz CT molecular complexity index is 621. The van der Waals surface area contributed by atoms with Gasteiger partial charge in [-0.15, -0.1) is 0 Å². The Morgan fingerprint density at radius 3 is 2.95 bits per heavy atom. The van der Waals surface area contributed by atoms with Crippen molar-refractivity contribution >= 4 is 5.91 Å². The average molecular weight is 271 g/mol. The smallest absolute Gasteiger partial charge is 0.268 e. The molecule has 104 valence electrons. The third-order valence-electron chi connectivity index (χ3n) is 3.64. The van der Waals surface area contributed by atoms with Gasteiger partial charge in [-0.25, -0.2) is 5.84 Å². The van der Waals surface area contributed by atoms with Gasteiger partial charge in [0.2, 0.25) is 0 Å². The topological polar surface area (TPSA) is 71.5 Å². The van der Waals surface area contributed by atoms with Crippen LogP contribution in [0.5, 0.6) is 0 Å². The van der Waals surface area contributed by atoms with Crippen molar-refractivity contribution in [1.82, 2.24) is 10.3 Å². The van der Waals surface area contributed by atoms with Crippen molar-refractivity contribution in [2.45, 2.75) is 19.5 Å². The SMILES string of the molecule is NNC(=O)c1coc(CN2CCc3ccccc3C2)c1. The third kappa shape index (κ3) is 2.59. The maximum Gasteiger partial charge on any atom is 0.268 e. The molecule has 1 aliphatic heterocycles. The van der Waals surface area contributed by atoms with Crippen LogP contribution in [0.2, 0.25) is 0 Å². The van der Waals surface area contributed by atoms with E-state index in [1.54, 1.807) is 6.07 Å². The Morgan fingerprint density at radius 1 is 1.35 bits per heavy atom. The van der Waals surface area contributed by atoms with Crippen molar-refractivity contribution in [3.63, 3.8) is 0 Å². The van der Waals surface area contributed by atoms with Crippen LogP contribution in [0.1, 0.15) is 27.2 Å². The molecule has 1 aliphatic rings. The molecule has 0 saturated carbocycles. The first-order chi connectivity index (χ1) is 9.76. The molecule has 3 rings (SSSR count). The van der Waals surface area contributed by atoms with E-state index in [4.69, 9.17) is 10.3 Å². The summed E-state index contributed by atoms with van der Waals surface area (Å²) < 4.78 is 5.42. The molecule has 3 N–H and O–H groups in total. The van der Waals surface area contributed by atoms with Crippen LogP contribution in [0.4, 0.5) is 0 Å². The first-order valence-corrected chi connectivity index (χ1v) is 6.64. The Kier molecular flexibility index (Phi) is 3.54. The summed E-state index contributed by atoms with van der Waals surface area (Å²) in [6.45, 7) is 2.61. The number of hydrazine groups is 1. The van der Waals surface area contributed by atoms with Gasteiger partial charge in [-0.1, -0.05) is 24.3 Å². The molecule has 1 amide bonds. The monoisotopic (exact) mass is 271 g/mol. The van der Waals surface area contributed by atoms with Crippen molar-refractivity contribution < 1.29 is 9.21 Å². The molecule has 0 aliphatic carbocycles. The normalized spacial score (nSPS) is 14.8. The maximum atomic E-state index is 11.4. The van der Waals surface area contributed by atoms with Crippen LogP contribution in [-0.4, -0.2) is 17.4 Å². The van der Waals surface area contributed by atoms with Crippen LogP contribution in [0.3, 0.4) is 0 Å². The Labute approximate surface area is 117 Å². The Hall–Kier alpha value is -2.11. The second-order valence-electron chi connectivity index (χ2n) is 5.00. The molecule has 2 heterocycles. The second-order valence-corrected chi connectivity index (χ2v) is 5.00. The minimum absolute atomic E-state index is 0.330. The van der Waals surface area contributed by atoms with Gasteiger partial charge in [0.25, 0.3) is 5.91 Å². The number of amides is 1. The zero-order chi connectivity index (χ0) is 13.9. The van der Waals surface area contributed by atoms with E-state index in [9.17, 15) is 4.79 Å². The number of hydrogen-bond acceptors (Lipinski definition) is 4. The number of furan rings is 1. The van der Waals surface area contributed by atoms with Crippen molar-refractivity contribution in [2.24, 2.45) is 5.84 Å². The van der Waals surface area contributed by atoms with E-state index in [2.05, 4.69) is 34.6 Å². The lowest BCUT2D eigenvalue weighted by molar-refractivity contribution is 0.0953. The van der Waals surface area contributed by atoms with E-state index in [0.717, 1.165) is 25.3 Å². The van der Waals surface area contributed by atoms with Gasteiger partial charge in [0.15, 0.2) is 0 Å². The number of rotatable bonds is 3. The van der Waals surface area contributed by atoms with Gasteiger partial charge in [-0.3, -0.25) is 15.1 Å². The lowest BCUT2D eigenvalue weighted by atomic mass is 10.00. The summed E-state index contributed by atoms with van der Waals surface area (Å²) in [5.41, 5.74) is 5.35. The van der Waals surface area contributed by atoms with Crippen molar-refractivity contribution in [2.75, 3.05) is 6.54 Å². The summed E-state index contributed by atoms with van der Waals surface area (Å²) in [6.07, 6.45) is 2.49. The molecule has 0 saturated heterocycles. The van der Waals surface area contributed by atoms with Gasteiger partial charge in [-0.05, 0) is 23.6 Å². The van der Waals surface area contributed by atoms with Gasteiger partial charge in [0.1, 0.15) is 12.0 Å². The van der Waals surface area contributed by atoms with Crippen molar-refractivity contribution in [3.8, 4) is 0 Å². The van der Waals surface area contributed by atoms with Crippen LogP contribution in [0.25, 0.3) is 0 Å². The highest BCUT2D eigenvalue weighted by Gasteiger charge is 2.17. The first kappa shape index (κ1) is 12.9. The third-order valence-corrected chi connectivity index (χ3v) is 3.64. The average Bonchev–Trinajstić information content (AvgIpc) is 2.95. The van der Waals surface area contributed by atoms with Gasteiger partial charge in [0, 0.05) is 13.1 Å². The summed E-state index contributed by atoms with van der Waals surface area (Å²) in [5.74, 6) is 5.55. The molecule has 0 bridgehead atoms. The summed E-state index contributed by atoms with van der Waals surface area (Å²) in [5, 5.41) is 0. The molecule has 20 heavy (non-hydrogen) atoms. The summed E-state index contributed by atoms with van der Waals surface area (Å²) in [7, 11) is 0. The predicted molar refractivity (Wildman–Crippen MR) is 74.6 cm³/mol. The van der Waals surface area contributed by atoms with E-state index in [1.165, 1.54) is 17.4 Å². The summed E-state index contributed by atoms with van der Waals surface area (Å²) in [4.78, 5) is 13.7.